The molecule has 0 saturated heterocycles. The monoisotopic (exact) mass is 424 g/mol. The Morgan fingerprint density at radius 2 is 1.68 bits per heavy atom. The van der Waals surface area contributed by atoms with Gasteiger partial charge >= 0.3 is 6.03 Å². The summed E-state index contributed by atoms with van der Waals surface area (Å²) in [4.78, 5) is 29.1. The van der Waals surface area contributed by atoms with Crippen molar-refractivity contribution in [2.24, 2.45) is 0 Å². The van der Waals surface area contributed by atoms with Crippen LogP contribution in [0.25, 0.3) is 0 Å². The van der Waals surface area contributed by atoms with E-state index in [1.165, 1.54) is 0 Å². The Balaban J connectivity index is 2.45. The highest BCUT2D eigenvalue weighted by molar-refractivity contribution is 5.91. The van der Waals surface area contributed by atoms with Crippen molar-refractivity contribution >= 4 is 23.3 Å². The minimum absolute atomic E-state index is 0.0384. The van der Waals surface area contributed by atoms with E-state index in [9.17, 15) is 9.59 Å². The van der Waals surface area contributed by atoms with Gasteiger partial charge in [0.25, 0.3) is 0 Å². The molecule has 0 aliphatic heterocycles. The smallest absolute Gasteiger partial charge is 0.318 e. The molecule has 31 heavy (non-hydrogen) atoms. The number of benzene rings is 2. The molecule has 2 aromatic carbocycles. The number of carbonyl (C=O) groups excluding carboxylic acids is 2. The summed E-state index contributed by atoms with van der Waals surface area (Å²) in [6.45, 7) is 10.2. The third-order valence-electron chi connectivity index (χ3n) is 5.00. The Morgan fingerprint density at radius 1 is 1.03 bits per heavy atom. The van der Waals surface area contributed by atoms with Crippen molar-refractivity contribution in [3.63, 3.8) is 0 Å². The Bertz CT molecular complexity index is 888. The highest BCUT2D eigenvalue weighted by Crippen LogP contribution is 2.29. The molecule has 0 aromatic heterocycles. The second kappa shape index (κ2) is 10.3. The van der Waals surface area contributed by atoms with Gasteiger partial charge in [0, 0.05) is 37.4 Å². The largest absolute Gasteiger partial charge is 0.377 e. The first-order chi connectivity index (χ1) is 14.5. The van der Waals surface area contributed by atoms with E-state index in [4.69, 9.17) is 0 Å². The quantitative estimate of drug-likeness (QED) is 0.644. The van der Waals surface area contributed by atoms with Crippen molar-refractivity contribution in [3.05, 3.63) is 59.7 Å². The molecular formula is C25H36N4O2. The first kappa shape index (κ1) is 24.3. The van der Waals surface area contributed by atoms with Crippen LogP contribution in [-0.4, -0.2) is 36.5 Å². The van der Waals surface area contributed by atoms with Crippen LogP contribution in [0.3, 0.4) is 0 Å². The first-order valence-corrected chi connectivity index (χ1v) is 10.8. The van der Waals surface area contributed by atoms with Crippen molar-refractivity contribution in [2.45, 2.75) is 59.2 Å². The van der Waals surface area contributed by atoms with Gasteiger partial charge in [0.1, 0.15) is 0 Å². The maximum Gasteiger partial charge on any atom is 0.318 e. The van der Waals surface area contributed by atoms with Crippen molar-refractivity contribution in [1.29, 1.82) is 0 Å². The normalized spacial score (nSPS) is 12.1. The van der Waals surface area contributed by atoms with E-state index >= 15 is 0 Å². The molecule has 0 aliphatic rings. The number of hydrogen-bond donors (Lipinski definition) is 2. The number of nitrogens with zero attached hydrogens (tertiary/aromatic N) is 2. The third kappa shape index (κ3) is 7.02. The van der Waals surface area contributed by atoms with E-state index in [1.54, 1.807) is 0 Å². The van der Waals surface area contributed by atoms with Crippen molar-refractivity contribution in [1.82, 2.24) is 10.2 Å². The molecule has 6 heteroatoms. The SMILES string of the molecule is CCC(=O)Nc1ccc(N(C)C)c(CN(C(=O)NC(C)(C)C)[C@@H](C)c2ccccc2)c1. The molecule has 0 saturated carbocycles. The van der Waals surface area contributed by atoms with Crippen LogP contribution in [0.2, 0.25) is 0 Å². The van der Waals surface area contributed by atoms with Crippen LogP contribution >= 0.6 is 0 Å². The van der Waals surface area contributed by atoms with E-state index in [2.05, 4.69) is 10.6 Å². The van der Waals surface area contributed by atoms with Crippen LogP contribution < -0.4 is 15.5 Å². The van der Waals surface area contributed by atoms with Gasteiger partial charge in [-0.15, -0.1) is 0 Å². The maximum atomic E-state index is 13.3. The molecular weight excluding hydrogens is 388 g/mol. The summed E-state index contributed by atoms with van der Waals surface area (Å²) in [5, 5.41) is 6.02. The zero-order valence-electron chi connectivity index (χ0n) is 19.8. The van der Waals surface area contributed by atoms with Crippen LogP contribution in [-0.2, 0) is 11.3 Å². The van der Waals surface area contributed by atoms with Crippen molar-refractivity contribution in [3.8, 4) is 0 Å². The minimum Gasteiger partial charge on any atom is -0.377 e. The van der Waals surface area contributed by atoms with Crippen LogP contribution in [0.1, 0.15) is 58.2 Å². The zero-order valence-corrected chi connectivity index (χ0v) is 19.8. The number of anilines is 2. The van der Waals surface area contributed by atoms with E-state index in [-0.39, 0.29) is 23.5 Å². The number of carbonyl (C=O) groups is 2. The predicted molar refractivity (Wildman–Crippen MR) is 128 cm³/mol. The molecule has 3 amide bonds. The maximum absolute atomic E-state index is 13.3. The van der Waals surface area contributed by atoms with Crippen molar-refractivity contribution < 1.29 is 9.59 Å². The number of hydrogen-bond acceptors (Lipinski definition) is 3. The van der Waals surface area contributed by atoms with Gasteiger partial charge in [0.15, 0.2) is 0 Å². The number of urea groups is 1. The number of amides is 3. The summed E-state index contributed by atoms with van der Waals surface area (Å²) < 4.78 is 0. The minimum atomic E-state index is -0.354. The second-order valence-corrected chi connectivity index (χ2v) is 9.03. The molecule has 2 aromatic rings. The van der Waals surface area contributed by atoms with Gasteiger partial charge in [0.05, 0.1) is 12.6 Å². The standard InChI is InChI=1S/C25H36N4O2/c1-8-23(30)26-21-14-15-22(28(6)7)20(16-21)17-29(24(31)27-25(3,4)5)18(2)19-12-10-9-11-13-19/h9-16,18H,8,17H2,1-7H3,(H,26,30)(H,27,31)/t18-/m0/s1. The molecule has 2 N–H and O–H groups in total. The predicted octanol–water partition coefficient (Wildman–Crippen LogP) is 5.17. The molecule has 0 radical (unpaired) electrons. The lowest BCUT2D eigenvalue weighted by Gasteiger charge is -2.34. The zero-order chi connectivity index (χ0) is 23.2. The summed E-state index contributed by atoms with van der Waals surface area (Å²) in [6.07, 6.45) is 0.413. The van der Waals surface area contributed by atoms with Crippen molar-refractivity contribution in [2.75, 3.05) is 24.3 Å². The molecule has 0 fully saturated rings. The van der Waals surface area contributed by atoms with Gasteiger partial charge in [-0.05, 0) is 57.0 Å². The fourth-order valence-electron chi connectivity index (χ4n) is 3.35. The molecule has 0 bridgehead atoms. The Labute approximate surface area is 186 Å². The summed E-state index contributed by atoms with van der Waals surface area (Å²) in [5.41, 5.74) is 3.41. The Morgan fingerprint density at radius 3 is 2.23 bits per heavy atom. The lowest BCUT2D eigenvalue weighted by molar-refractivity contribution is -0.115. The van der Waals surface area contributed by atoms with Gasteiger partial charge in [-0.2, -0.15) is 0 Å². The van der Waals surface area contributed by atoms with E-state index in [0.29, 0.717) is 13.0 Å². The van der Waals surface area contributed by atoms with E-state index in [1.807, 2.05) is 107 Å². The van der Waals surface area contributed by atoms with E-state index in [0.717, 1.165) is 22.5 Å². The molecule has 2 rings (SSSR count). The summed E-state index contributed by atoms with van der Waals surface area (Å²) in [5.74, 6) is -0.0384. The molecule has 1 atom stereocenters. The van der Waals surface area contributed by atoms with Gasteiger partial charge in [-0.3, -0.25) is 4.79 Å². The number of nitrogens with one attached hydrogen (secondary N) is 2. The molecule has 168 valence electrons. The van der Waals surface area contributed by atoms with Gasteiger partial charge < -0.3 is 20.4 Å². The van der Waals surface area contributed by atoms with Gasteiger partial charge in [-0.1, -0.05) is 37.3 Å². The van der Waals surface area contributed by atoms with Crippen LogP contribution in [0.15, 0.2) is 48.5 Å². The van der Waals surface area contributed by atoms with Gasteiger partial charge in [-0.25, -0.2) is 4.79 Å². The van der Waals surface area contributed by atoms with Crippen LogP contribution in [0, 0.1) is 0 Å². The summed E-state index contributed by atoms with van der Waals surface area (Å²) in [7, 11) is 3.95. The lowest BCUT2D eigenvalue weighted by Crippen LogP contribution is -2.49. The van der Waals surface area contributed by atoms with Crippen LogP contribution in [0.4, 0.5) is 16.2 Å². The molecule has 0 aliphatic carbocycles. The molecule has 0 unspecified atom stereocenters. The highest BCUT2D eigenvalue weighted by Gasteiger charge is 2.26. The fraction of sp³-hybridized carbons (Fsp3) is 0.440. The third-order valence-corrected chi connectivity index (χ3v) is 5.00. The lowest BCUT2D eigenvalue weighted by atomic mass is 10.0. The summed E-state index contributed by atoms with van der Waals surface area (Å²) >= 11 is 0. The molecule has 6 nitrogen and oxygen atoms in total. The first-order valence-electron chi connectivity index (χ1n) is 10.8. The van der Waals surface area contributed by atoms with Gasteiger partial charge in [0.2, 0.25) is 5.91 Å². The average Bonchev–Trinajstić information content (AvgIpc) is 2.70. The Hall–Kier alpha value is -3.02. The topological polar surface area (TPSA) is 64.7 Å². The Kier molecular flexibility index (Phi) is 8.08. The number of rotatable bonds is 7. The fourth-order valence-corrected chi connectivity index (χ4v) is 3.35. The highest BCUT2D eigenvalue weighted by atomic mass is 16.2. The van der Waals surface area contributed by atoms with Crippen LogP contribution in [0.5, 0.6) is 0 Å². The molecule has 0 heterocycles. The second-order valence-electron chi connectivity index (χ2n) is 9.03. The average molecular weight is 425 g/mol. The summed E-state index contributed by atoms with van der Waals surface area (Å²) in [6, 6.07) is 15.6. The van der Waals surface area contributed by atoms with E-state index < -0.39 is 0 Å². The molecule has 0 spiro atoms.